The molecule has 2 aromatic rings. The van der Waals surface area contributed by atoms with Crippen LogP contribution in [0.1, 0.15) is 9.75 Å². The van der Waals surface area contributed by atoms with Crippen LogP contribution in [0.3, 0.4) is 0 Å². The number of benzene rings is 1. The van der Waals surface area contributed by atoms with Gasteiger partial charge < -0.3 is 10.4 Å². The van der Waals surface area contributed by atoms with Crippen molar-refractivity contribution in [3.63, 3.8) is 0 Å². The van der Waals surface area contributed by atoms with Crippen molar-refractivity contribution in [2.24, 2.45) is 0 Å². The number of carbonyl (C=O) groups is 1. The minimum absolute atomic E-state index is 0.0416. The van der Waals surface area contributed by atoms with Crippen molar-refractivity contribution in [3.05, 3.63) is 51.7 Å². The molecular formula is C15H12N2O2S. The molecule has 0 fully saturated rings. The molecule has 20 heavy (non-hydrogen) atoms. The average molecular weight is 284 g/mol. The van der Waals surface area contributed by atoms with E-state index in [9.17, 15) is 4.79 Å². The molecule has 0 radical (unpaired) electrons. The van der Waals surface area contributed by atoms with E-state index in [0.29, 0.717) is 5.69 Å². The van der Waals surface area contributed by atoms with E-state index in [-0.39, 0.29) is 11.3 Å². The predicted molar refractivity (Wildman–Crippen MR) is 79.4 cm³/mol. The number of nitriles is 1. The highest BCUT2D eigenvalue weighted by atomic mass is 32.1. The third-order valence-corrected chi connectivity index (χ3v) is 3.49. The second-order valence-corrected chi connectivity index (χ2v) is 5.44. The maximum absolute atomic E-state index is 12.0. The second kappa shape index (κ2) is 6.04. The molecule has 0 aliphatic carbocycles. The SMILES string of the molecule is Cc1ccc(C=C(C#N)C(=O)Nc2ccc(O)cc2)s1. The van der Waals surface area contributed by atoms with Crippen LogP contribution in [-0.4, -0.2) is 11.0 Å². The lowest BCUT2D eigenvalue weighted by Gasteiger charge is -2.03. The van der Waals surface area contributed by atoms with Crippen molar-refractivity contribution in [2.45, 2.75) is 6.92 Å². The molecule has 0 saturated carbocycles. The summed E-state index contributed by atoms with van der Waals surface area (Å²) in [5, 5.41) is 20.9. The summed E-state index contributed by atoms with van der Waals surface area (Å²) in [7, 11) is 0. The van der Waals surface area contributed by atoms with Crippen LogP contribution in [0.4, 0.5) is 5.69 Å². The number of phenols is 1. The van der Waals surface area contributed by atoms with Gasteiger partial charge in [0.15, 0.2) is 0 Å². The maximum Gasteiger partial charge on any atom is 0.266 e. The molecular weight excluding hydrogens is 272 g/mol. The molecule has 100 valence electrons. The number of nitrogens with one attached hydrogen (secondary N) is 1. The van der Waals surface area contributed by atoms with Crippen LogP contribution in [0, 0.1) is 18.3 Å². The van der Waals surface area contributed by atoms with Gasteiger partial charge in [0.2, 0.25) is 0 Å². The van der Waals surface area contributed by atoms with E-state index < -0.39 is 5.91 Å². The summed E-state index contributed by atoms with van der Waals surface area (Å²) in [6, 6.07) is 11.8. The van der Waals surface area contributed by atoms with E-state index >= 15 is 0 Å². The topological polar surface area (TPSA) is 73.1 Å². The lowest BCUT2D eigenvalue weighted by molar-refractivity contribution is -0.112. The zero-order chi connectivity index (χ0) is 14.5. The van der Waals surface area contributed by atoms with Crippen LogP contribution < -0.4 is 5.32 Å². The standard InChI is InChI=1S/C15H12N2O2S/c1-10-2-7-14(20-10)8-11(9-16)15(19)17-12-3-5-13(18)6-4-12/h2-8,18H,1H3,(H,17,19). The summed E-state index contributed by atoms with van der Waals surface area (Å²) in [4.78, 5) is 14.0. The second-order valence-electron chi connectivity index (χ2n) is 4.12. The fraction of sp³-hybridized carbons (Fsp3) is 0.0667. The number of hydrogen-bond acceptors (Lipinski definition) is 4. The van der Waals surface area contributed by atoms with E-state index in [1.165, 1.54) is 23.5 Å². The normalized spacial score (nSPS) is 10.9. The van der Waals surface area contributed by atoms with Gasteiger partial charge in [-0.15, -0.1) is 11.3 Å². The third kappa shape index (κ3) is 3.46. The first-order chi connectivity index (χ1) is 9.58. The summed E-state index contributed by atoms with van der Waals surface area (Å²) in [5.41, 5.74) is 0.566. The first-order valence-electron chi connectivity index (χ1n) is 5.87. The molecule has 1 amide bonds. The van der Waals surface area contributed by atoms with Crippen LogP contribution in [0.5, 0.6) is 5.75 Å². The Labute approximate surface area is 120 Å². The van der Waals surface area contributed by atoms with Gasteiger partial charge in [0.1, 0.15) is 17.4 Å². The fourth-order valence-corrected chi connectivity index (χ4v) is 2.39. The van der Waals surface area contributed by atoms with Crippen molar-refractivity contribution >= 4 is 29.0 Å². The van der Waals surface area contributed by atoms with Gasteiger partial charge in [0.05, 0.1) is 0 Å². The molecule has 2 rings (SSSR count). The molecule has 0 bridgehead atoms. The molecule has 0 atom stereocenters. The molecule has 0 spiro atoms. The predicted octanol–water partition coefficient (Wildman–Crippen LogP) is 3.31. The molecule has 0 aliphatic rings. The summed E-state index contributed by atoms with van der Waals surface area (Å²) in [5.74, 6) is -0.350. The van der Waals surface area contributed by atoms with Crippen molar-refractivity contribution in [1.82, 2.24) is 0 Å². The molecule has 0 saturated heterocycles. The zero-order valence-corrected chi connectivity index (χ0v) is 11.6. The average Bonchev–Trinajstić information content (AvgIpc) is 2.84. The maximum atomic E-state index is 12.0. The van der Waals surface area contributed by atoms with E-state index in [1.54, 1.807) is 18.2 Å². The minimum atomic E-state index is -0.468. The Morgan fingerprint density at radius 3 is 2.55 bits per heavy atom. The Hall–Kier alpha value is -2.58. The van der Waals surface area contributed by atoms with Crippen LogP contribution in [-0.2, 0) is 4.79 Å². The van der Waals surface area contributed by atoms with E-state index in [2.05, 4.69) is 5.32 Å². The lowest BCUT2D eigenvalue weighted by Crippen LogP contribution is -2.13. The number of amides is 1. The van der Waals surface area contributed by atoms with Crippen molar-refractivity contribution in [1.29, 1.82) is 5.26 Å². The van der Waals surface area contributed by atoms with Gasteiger partial charge in [-0.1, -0.05) is 0 Å². The number of hydrogen-bond donors (Lipinski definition) is 2. The summed E-state index contributed by atoms with van der Waals surface area (Å²) in [6.45, 7) is 1.96. The van der Waals surface area contributed by atoms with Gasteiger partial charge in [-0.3, -0.25) is 4.79 Å². The van der Waals surface area contributed by atoms with Gasteiger partial charge >= 0.3 is 0 Å². The number of thiophene rings is 1. The lowest BCUT2D eigenvalue weighted by atomic mass is 10.2. The smallest absolute Gasteiger partial charge is 0.266 e. The molecule has 1 heterocycles. The molecule has 4 nitrogen and oxygen atoms in total. The first-order valence-corrected chi connectivity index (χ1v) is 6.69. The van der Waals surface area contributed by atoms with E-state index in [1.807, 2.05) is 25.1 Å². The Kier molecular flexibility index (Phi) is 4.18. The number of aromatic hydroxyl groups is 1. The van der Waals surface area contributed by atoms with Gasteiger partial charge in [0, 0.05) is 15.4 Å². The van der Waals surface area contributed by atoms with Gasteiger partial charge in [0.25, 0.3) is 5.91 Å². The van der Waals surface area contributed by atoms with E-state index in [4.69, 9.17) is 10.4 Å². The molecule has 0 aliphatic heterocycles. The Bertz CT molecular complexity index is 693. The Balaban J connectivity index is 2.16. The zero-order valence-electron chi connectivity index (χ0n) is 10.8. The third-order valence-electron chi connectivity index (χ3n) is 2.54. The highest BCUT2D eigenvalue weighted by molar-refractivity contribution is 7.12. The van der Waals surface area contributed by atoms with Gasteiger partial charge in [-0.05, 0) is 49.4 Å². The van der Waals surface area contributed by atoms with Gasteiger partial charge in [-0.2, -0.15) is 5.26 Å². The summed E-state index contributed by atoms with van der Waals surface area (Å²) < 4.78 is 0. The molecule has 0 unspecified atom stereocenters. The van der Waals surface area contributed by atoms with Crippen molar-refractivity contribution in [3.8, 4) is 11.8 Å². The fourth-order valence-electron chi connectivity index (χ4n) is 1.57. The highest BCUT2D eigenvalue weighted by Gasteiger charge is 2.10. The number of rotatable bonds is 3. The van der Waals surface area contributed by atoms with Crippen LogP contribution in [0.15, 0.2) is 42.0 Å². The monoisotopic (exact) mass is 284 g/mol. The number of anilines is 1. The quantitative estimate of drug-likeness (QED) is 0.516. The molecule has 5 heteroatoms. The minimum Gasteiger partial charge on any atom is -0.508 e. The number of phenolic OH excluding ortho intramolecular Hbond substituents is 1. The first kappa shape index (κ1) is 13.8. The molecule has 1 aromatic carbocycles. The van der Waals surface area contributed by atoms with Crippen LogP contribution in [0.25, 0.3) is 6.08 Å². The molecule has 1 aromatic heterocycles. The highest BCUT2D eigenvalue weighted by Crippen LogP contribution is 2.19. The largest absolute Gasteiger partial charge is 0.508 e. The van der Waals surface area contributed by atoms with Crippen molar-refractivity contribution in [2.75, 3.05) is 5.32 Å². The number of carbonyl (C=O) groups excluding carboxylic acids is 1. The van der Waals surface area contributed by atoms with Crippen molar-refractivity contribution < 1.29 is 9.90 Å². The summed E-state index contributed by atoms with van der Waals surface area (Å²) >= 11 is 1.52. The Morgan fingerprint density at radius 1 is 1.30 bits per heavy atom. The van der Waals surface area contributed by atoms with E-state index in [0.717, 1.165) is 9.75 Å². The number of aryl methyl sites for hydroxylation is 1. The molecule has 2 N–H and O–H groups in total. The summed E-state index contributed by atoms with van der Waals surface area (Å²) in [6.07, 6.45) is 1.56. The number of nitrogens with zero attached hydrogens (tertiary/aromatic N) is 1. The Morgan fingerprint density at radius 2 is 2.00 bits per heavy atom. The van der Waals surface area contributed by atoms with Crippen LogP contribution >= 0.6 is 11.3 Å². The van der Waals surface area contributed by atoms with Gasteiger partial charge in [-0.25, -0.2) is 0 Å². The van der Waals surface area contributed by atoms with Crippen LogP contribution in [0.2, 0.25) is 0 Å².